The number of benzene rings is 1. The number of nitrogens with zero attached hydrogens (tertiary/aromatic N) is 4. The first kappa shape index (κ1) is 22.2. The maximum absolute atomic E-state index is 5.47. The van der Waals surface area contributed by atoms with E-state index in [0.29, 0.717) is 0 Å². The van der Waals surface area contributed by atoms with Crippen LogP contribution in [0.1, 0.15) is 30.2 Å². The number of anilines is 1. The van der Waals surface area contributed by atoms with E-state index in [1.165, 1.54) is 11.1 Å². The average Bonchev–Trinajstić information content (AvgIpc) is 2.84. The van der Waals surface area contributed by atoms with Crippen molar-refractivity contribution in [3.63, 3.8) is 0 Å². The largest absolute Gasteiger partial charge is 0.497 e. The van der Waals surface area contributed by atoms with Gasteiger partial charge in [0, 0.05) is 62.9 Å². The number of pyridine rings is 1. The van der Waals surface area contributed by atoms with E-state index >= 15 is 0 Å². The molecule has 1 aliphatic heterocycles. The molecule has 0 saturated carbocycles. The van der Waals surface area contributed by atoms with Crippen molar-refractivity contribution in [2.45, 2.75) is 32.9 Å². The van der Waals surface area contributed by atoms with E-state index in [1.54, 1.807) is 19.5 Å². The fourth-order valence-electron chi connectivity index (χ4n) is 3.91. The summed E-state index contributed by atoms with van der Waals surface area (Å²) >= 11 is 0. The van der Waals surface area contributed by atoms with Gasteiger partial charge in [-0.15, -0.1) is 0 Å². The Bertz CT molecular complexity index is 995. The molecule has 0 fully saturated rings. The standard InChI is InChI=1S/C25H31N5O2/c1-3-32-16-4-12-27-25-22-11-15-30(17-19-5-7-21(31-2)8-6-19)18-23(22)28-24(29-25)20-9-13-26-14-10-20/h5-10,13-14H,3-4,11-12,15-18H2,1-2H3,(H,27,28,29). The lowest BCUT2D eigenvalue weighted by Crippen LogP contribution is -2.32. The predicted molar refractivity (Wildman–Crippen MR) is 126 cm³/mol. The molecule has 3 aromatic rings. The molecular formula is C25H31N5O2. The Morgan fingerprint density at radius 3 is 2.62 bits per heavy atom. The van der Waals surface area contributed by atoms with Crippen LogP contribution in [0.4, 0.5) is 5.82 Å². The second-order valence-corrected chi connectivity index (χ2v) is 7.84. The Hall–Kier alpha value is -3.03. The second-order valence-electron chi connectivity index (χ2n) is 7.84. The monoisotopic (exact) mass is 433 g/mol. The van der Waals surface area contributed by atoms with Crippen molar-refractivity contribution in [2.24, 2.45) is 0 Å². The summed E-state index contributed by atoms with van der Waals surface area (Å²) in [5.74, 6) is 2.57. The molecule has 0 spiro atoms. The van der Waals surface area contributed by atoms with E-state index in [0.717, 1.165) is 80.9 Å². The van der Waals surface area contributed by atoms with Gasteiger partial charge in [-0.1, -0.05) is 12.1 Å². The molecule has 0 radical (unpaired) electrons. The average molecular weight is 434 g/mol. The van der Waals surface area contributed by atoms with Gasteiger partial charge >= 0.3 is 0 Å². The summed E-state index contributed by atoms with van der Waals surface area (Å²) in [7, 11) is 1.69. The van der Waals surface area contributed by atoms with Gasteiger partial charge in [0.2, 0.25) is 0 Å². The van der Waals surface area contributed by atoms with Crippen molar-refractivity contribution in [3.8, 4) is 17.1 Å². The van der Waals surface area contributed by atoms with Gasteiger partial charge in [0.05, 0.1) is 12.8 Å². The molecule has 1 N–H and O–H groups in total. The van der Waals surface area contributed by atoms with E-state index in [4.69, 9.17) is 19.4 Å². The third kappa shape index (κ3) is 5.60. The minimum absolute atomic E-state index is 0.741. The normalized spacial score (nSPS) is 13.6. The molecule has 7 heteroatoms. The lowest BCUT2D eigenvalue weighted by atomic mass is 10.0. The van der Waals surface area contributed by atoms with Gasteiger partial charge in [-0.25, -0.2) is 9.97 Å². The molecule has 7 nitrogen and oxygen atoms in total. The second kappa shape index (κ2) is 11.0. The van der Waals surface area contributed by atoms with Gasteiger partial charge in [-0.2, -0.15) is 0 Å². The lowest BCUT2D eigenvalue weighted by molar-refractivity contribution is 0.147. The van der Waals surface area contributed by atoms with Gasteiger partial charge in [0.15, 0.2) is 5.82 Å². The minimum Gasteiger partial charge on any atom is -0.497 e. The number of hydrogen-bond acceptors (Lipinski definition) is 7. The number of methoxy groups -OCH3 is 1. The van der Waals surface area contributed by atoms with Crippen LogP contribution in [-0.4, -0.2) is 53.3 Å². The van der Waals surface area contributed by atoms with Crippen LogP contribution < -0.4 is 10.1 Å². The van der Waals surface area contributed by atoms with Crippen LogP contribution in [-0.2, 0) is 24.2 Å². The molecule has 32 heavy (non-hydrogen) atoms. The Labute approximate surface area is 189 Å². The minimum atomic E-state index is 0.741. The molecule has 0 amide bonds. The first-order valence-electron chi connectivity index (χ1n) is 11.2. The van der Waals surface area contributed by atoms with E-state index in [-0.39, 0.29) is 0 Å². The highest BCUT2D eigenvalue weighted by atomic mass is 16.5. The number of hydrogen-bond donors (Lipinski definition) is 1. The third-order valence-corrected chi connectivity index (χ3v) is 5.61. The zero-order valence-corrected chi connectivity index (χ0v) is 18.9. The Kier molecular flexibility index (Phi) is 7.64. The fourth-order valence-corrected chi connectivity index (χ4v) is 3.91. The SMILES string of the molecule is CCOCCCNc1nc(-c2ccncc2)nc2c1CCN(Cc1ccc(OC)cc1)C2. The van der Waals surface area contributed by atoms with Crippen molar-refractivity contribution >= 4 is 5.82 Å². The summed E-state index contributed by atoms with van der Waals surface area (Å²) in [5, 5.41) is 3.54. The summed E-state index contributed by atoms with van der Waals surface area (Å²) in [6.45, 7) is 7.01. The molecule has 3 heterocycles. The predicted octanol–water partition coefficient (Wildman–Crippen LogP) is 3.94. The van der Waals surface area contributed by atoms with Gasteiger partial charge in [-0.05, 0) is 49.6 Å². The highest BCUT2D eigenvalue weighted by molar-refractivity contribution is 5.59. The van der Waals surface area contributed by atoms with Gasteiger partial charge in [-0.3, -0.25) is 9.88 Å². The molecular weight excluding hydrogens is 402 g/mol. The van der Waals surface area contributed by atoms with Gasteiger partial charge in [0.1, 0.15) is 11.6 Å². The van der Waals surface area contributed by atoms with Gasteiger partial charge < -0.3 is 14.8 Å². The topological polar surface area (TPSA) is 72.4 Å². The Balaban J connectivity index is 1.53. The van der Waals surface area contributed by atoms with Crippen molar-refractivity contribution in [3.05, 3.63) is 65.6 Å². The van der Waals surface area contributed by atoms with Crippen LogP contribution in [0.2, 0.25) is 0 Å². The van der Waals surface area contributed by atoms with E-state index in [9.17, 15) is 0 Å². The van der Waals surface area contributed by atoms with Crippen LogP contribution in [0, 0.1) is 0 Å². The maximum Gasteiger partial charge on any atom is 0.161 e. The van der Waals surface area contributed by atoms with E-state index in [2.05, 4.69) is 27.3 Å². The highest BCUT2D eigenvalue weighted by Crippen LogP contribution is 2.28. The molecule has 0 saturated heterocycles. The molecule has 1 aromatic carbocycles. The molecule has 0 bridgehead atoms. The quantitative estimate of drug-likeness (QED) is 0.486. The first-order valence-corrected chi connectivity index (χ1v) is 11.2. The van der Waals surface area contributed by atoms with E-state index < -0.39 is 0 Å². The zero-order valence-electron chi connectivity index (χ0n) is 18.9. The van der Waals surface area contributed by atoms with Gasteiger partial charge in [0.25, 0.3) is 0 Å². The molecule has 1 aliphatic rings. The van der Waals surface area contributed by atoms with E-state index in [1.807, 2.05) is 31.2 Å². The maximum atomic E-state index is 5.47. The first-order chi connectivity index (χ1) is 15.8. The summed E-state index contributed by atoms with van der Waals surface area (Å²) < 4.78 is 10.7. The highest BCUT2D eigenvalue weighted by Gasteiger charge is 2.23. The Morgan fingerprint density at radius 2 is 1.88 bits per heavy atom. The summed E-state index contributed by atoms with van der Waals surface area (Å²) in [5.41, 5.74) is 4.57. The molecule has 0 atom stereocenters. The third-order valence-electron chi connectivity index (χ3n) is 5.61. The van der Waals surface area contributed by atoms with Crippen molar-refractivity contribution in [1.29, 1.82) is 0 Å². The molecule has 168 valence electrons. The summed E-state index contributed by atoms with van der Waals surface area (Å²) in [4.78, 5) is 16.4. The smallest absolute Gasteiger partial charge is 0.161 e. The number of aromatic nitrogens is 3. The summed E-state index contributed by atoms with van der Waals surface area (Å²) in [6, 6.07) is 12.2. The molecule has 4 rings (SSSR count). The molecule has 2 aromatic heterocycles. The van der Waals surface area contributed by atoms with Crippen molar-refractivity contribution < 1.29 is 9.47 Å². The van der Waals surface area contributed by atoms with Crippen molar-refractivity contribution in [2.75, 3.05) is 38.7 Å². The van der Waals surface area contributed by atoms with Crippen LogP contribution in [0.15, 0.2) is 48.8 Å². The number of rotatable bonds is 10. The molecule has 0 unspecified atom stereocenters. The zero-order chi connectivity index (χ0) is 22.2. The number of nitrogens with one attached hydrogen (secondary N) is 1. The number of fused-ring (bicyclic) bond motifs is 1. The van der Waals surface area contributed by atoms with Crippen LogP contribution in [0.25, 0.3) is 11.4 Å². The number of ether oxygens (including phenoxy) is 2. The van der Waals surface area contributed by atoms with Crippen molar-refractivity contribution in [1.82, 2.24) is 19.9 Å². The Morgan fingerprint density at radius 1 is 1.06 bits per heavy atom. The lowest BCUT2D eigenvalue weighted by Gasteiger charge is -2.29. The molecule has 0 aliphatic carbocycles. The van der Waals surface area contributed by atoms with Crippen LogP contribution in [0.5, 0.6) is 5.75 Å². The summed E-state index contributed by atoms with van der Waals surface area (Å²) in [6.07, 6.45) is 5.43. The fraction of sp³-hybridized carbons (Fsp3) is 0.400. The van der Waals surface area contributed by atoms with Crippen LogP contribution >= 0.6 is 0 Å². The van der Waals surface area contributed by atoms with Crippen LogP contribution in [0.3, 0.4) is 0 Å².